The van der Waals surface area contributed by atoms with Crippen LogP contribution in [0.25, 0.3) is 0 Å². The number of amides is 1. The van der Waals surface area contributed by atoms with Crippen molar-refractivity contribution in [2.75, 3.05) is 11.4 Å². The van der Waals surface area contributed by atoms with Crippen molar-refractivity contribution in [3.63, 3.8) is 0 Å². The average molecular weight is 398 g/mol. The summed E-state index contributed by atoms with van der Waals surface area (Å²) in [5, 5.41) is 2.87. The molecule has 1 fully saturated rings. The van der Waals surface area contributed by atoms with Gasteiger partial charge in [-0.1, -0.05) is 12.5 Å². The number of benzene rings is 1. The number of nitrogens with zero attached hydrogens (tertiary/aromatic N) is 3. The molecule has 1 aromatic heterocycles. The van der Waals surface area contributed by atoms with Crippen LogP contribution in [0.4, 0.5) is 5.69 Å². The predicted octanol–water partition coefficient (Wildman–Crippen LogP) is 3.05. The minimum Gasteiger partial charge on any atom is -0.344 e. The fraction of sp³-hybridized carbons (Fsp3) is 0.350. The Morgan fingerprint density at radius 1 is 1.18 bits per heavy atom. The first-order valence-corrected chi connectivity index (χ1v) is 10.9. The number of hydrogen-bond acceptors (Lipinski definition) is 5. The molecule has 0 bridgehead atoms. The number of rotatable bonds is 3. The van der Waals surface area contributed by atoms with Crippen LogP contribution >= 0.6 is 0 Å². The molecule has 0 radical (unpaired) electrons. The van der Waals surface area contributed by atoms with Gasteiger partial charge in [0.25, 0.3) is 15.9 Å². The summed E-state index contributed by atoms with van der Waals surface area (Å²) in [6.45, 7) is 2.58. The second kappa shape index (κ2) is 7.35. The zero-order chi connectivity index (χ0) is 19.7. The zero-order valence-corrected chi connectivity index (χ0v) is 16.4. The van der Waals surface area contributed by atoms with Crippen molar-refractivity contribution in [2.45, 2.75) is 43.5 Å². The molecule has 2 aliphatic rings. The third kappa shape index (κ3) is 3.52. The van der Waals surface area contributed by atoms with Crippen LogP contribution in [-0.4, -0.2) is 31.7 Å². The van der Waals surface area contributed by atoms with E-state index in [2.05, 4.69) is 14.7 Å². The number of pyridine rings is 1. The molecule has 3 heterocycles. The summed E-state index contributed by atoms with van der Waals surface area (Å²) >= 11 is 0. The Bertz CT molecular complexity index is 1030. The highest BCUT2D eigenvalue weighted by Crippen LogP contribution is 2.35. The van der Waals surface area contributed by atoms with Gasteiger partial charge in [-0.2, -0.15) is 8.42 Å². The first-order chi connectivity index (χ1) is 13.5. The highest BCUT2D eigenvalue weighted by Gasteiger charge is 2.32. The number of carbonyl (C=O) groups is 1. The van der Waals surface area contributed by atoms with E-state index < -0.39 is 10.0 Å². The van der Waals surface area contributed by atoms with Crippen LogP contribution in [0.5, 0.6) is 0 Å². The lowest BCUT2D eigenvalue weighted by Crippen LogP contribution is -2.35. The Balaban J connectivity index is 1.63. The molecule has 1 amide bonds. The topological polar surface area (TPSA) is 91.7 Å². The molecule has 0 aliphatic carbocycles. The van der Waals surface area contributed by atoms with Gasteiger partial charge in [0.1, 0.15) is 10.7 Å². The SMILES string of the molecule is CC(NC(=O)c1ccc2c(c1)S(=O)(=O)N=C1CCCCCN12)c1ccccn1. The van der Waals surface area contributed by atoms with Crippen LogP contribution in [0, 0.1) is 0 Å². The number of carbonyl (C=O) groups excluding carboxylic acids is 1. The van der Waals surface area contributed by atoms with E-state index in [1.54, 1.807) is 18.3 Å². The number of sulfonamides is 1. The predicted molar refractivity (Wildman–Crippen MR) is 107 cm³/mol. The van der Waals surface area contributed by atoms with E-state index in [4.69, 9.17) is 0 Å². The van der Waals surface area contributed by atoms with Crippen molar-refractivity contribution in [3.05, 3.63) is 53.9 Å². The van der Waals surface area contributed by atoms with E-state index in [1.807, 2.05) is 30.0 Å². The van der Waals surface area contributed by atoms with Crippen molar-refractivity contribution >= 4 is 27.5 Å². The van der Waals surface area contributed by atoms with Crippen molar-refractivity contribution in [2.24, 2.45) is 4.40 Å². The van der Waals surface area contributed by atoms with Crippen molar-refractivity contribution in [1.29, 1.82) is 0 Å². The van der Waals surface area contributed by atoms with Gasteiger partial charge in [-0.25, -0.2) is 0 Å². The second-order valence-electron chi connectivity index (χ2n) is 7.08. The largest absolute Gasteiger partial charge is 0.344 e. The molecule has 0 saturated carbocycles. The average Bonchev–Trinajstić information content (AvgIpc) is 2.93. The van der Waals surface area contributed by atoms with Gasteiger partial charge in [0.05, 0.1) is 17.4 Å². The lowest BCUT2D eigenvalue weighted by atomic mass is 10.1. The summed E-state index contributed by atoms with van der Waals surface area (Å²) in [7, 11) is -3.81. The number of nitrogens with one attached hydrogen (secondary N) is 1. The minimum absolute atomic E-state index is 0.0938. The van der Waals surface area contributed by atoms with Crippen LogP contribution < -0.4 is 10.2 Å². The van der Waals surface area contributed by atoms with Gasteiger partial charge in [0, 0.05) is 24.7 Å². The van der Waals surface area contributed by atoms with Gasteiger partial charge in [-0.05, 0) is 50.1 Å². The van der Waals surface area contributed by atoms with E-state index in [0.717, 1.165) is 31.5 Å². The smallest absolute Gasteiger partial charge is 0.286 e. The van der Waals surface area contributed by atoms with Crippen LogP contribution in [0.15, 0.2) is 51.9 Å². The van der Waals surface area contributed by atoms with Gasteiger partial charge in [0.2, 0.25) is 0 Å². The summed E-state index contributed by atoms with van der Waals surface area (Å²) in [5.41, 5.74) is 1.64. The lowest BCUT2D eigenvalue weighted by molar-refractivity contribution is 0.0939. The fourth-order valence-electron chi connectivity index (χ4n) is 3.61. The standard InChI is InChI=1S/C20H22N4O3S/c1-14(16-7-4-5-11-21-16)22-20(25)15-9-10-17-18(13-15)28(26,27)23-19-8-3-2-6-12-24(17)19/h4-5,7,9-11,13-14H,2-3,6,8,12H2,1H3,(H,22,25). The first-order valence-electron chi connectivity index (χ1n) is 9.43. The second-order valence-corrected chi connectivity index (χ2v) is 8.65. The Hall–Kier alpha value is -2.74. The van der Waals surface area contributed by atoms with Gasteiger partial charge < -0.3 is 10.2 Å². The molecule has 28 heavy (non-hydrogen) atoms. The Kier molecular flexibility index (Phi) is 4.89. The maximum Gasteiger partial charge on any atom is 0.286 e. The molecule has 146 valence electrons. The molecule has 7 nitrogen and oxygen atoms in total. The number of anilines is 1. The first kappa shape index (κ1) is 18.6. The molecular weight excluding hydrogens is 376 g/mol. The van der Waals surface area contributed by atoms with Gasteiger partial charge in [-0.3, -0.25) is 9.78 Å². The summed E-state index contributed by atoms with van der Waals surface area (Å²) in [5.74, 6) is 0.257. The van der Waals surface area contributed by atoms with Gasteiger partial charge in [-0.15, -0.1) is 4.40 Å². The quantitative estimate of drug-likeness (QED) is 0.858. The summed E-state index contributed by atoms with van der Waals surface area (Å²) in [6, 6.07) is 10.0. The highest BCUT2D eigenvalue weighted by atomic mass is 32.2. The summed E-state index contributed by atoms with van der Waals surface area (Å²) in [4.78, 5) is 19.0. The normalized spacial score (nSPS) is 18.9. The van der Waals surface area contributed by atoms with Crippen LogP contribution in [0.2, 0.25) is 0 Å². The summed E-state index contributed by atoms with van der Waals surface area (Å²) < 4.78 is 29.4. The number of fused-ring (bicyclic) bond motifs is 3. The van der Waals surface area contributed by atoms with Gasteiger partial charge in [0.15, 0.2) is 0 Å². The van der Waals surface area contributed by atoms with Gasteiger partial charge >= 0.3 is 0 Å². The van der Waals surface area contributed by atoms with Crippen LogP contribution in [0.3, 0.4) is 0 Å². The molecule has 1 N–H and O–H groups in total. The molecule has 8 heteroatoms. The molecule has 1 saturated heterocycles. The van der Waals surface area contributed by atoms with Crippen molar-refractivity contribution in [3.8, 4) is 0 Å². The Morgan fingerprint density at radius 2 is 2.04 bits per heavy atom. The van der Waals surface area contributed by atoms with E-state index in [9.17, 15) is 13.2 Å². The number of hydrogen-bond donors (Lipinski definition) is 1. The minimum atomic E-state index is -3.81. The Labute approximate surface area is 164 Å². The van der Waals surface area contributed by atoms with E-state index in [1.165, 1.54) is 6.07 Å². The molecule has 1 aromatic carbocycles. The maximum atomic E-state index is 12.7. The lowest BCUT2D eigenvalue weighted by Gasteiger charge is -2.29. The maximum absolute atomic E-state index is 12.7. The van der Waals surface area contributed by atoms with Crippen LogP contribution in [0.1, 0.15) is 54.7 Å². The van der Waals surface area contributed by atoms with E-state index in [0.29, 0.717) is 23.5 Å². The Morgan fingerprint density at radius 3 is 2.82 bits per heavy atom. The van der Waals surface area contributed by atoms with E-state index >= 15 is 0 Å². The molecule has 1 atom stereocenters. The molecule has 0 spiro atoms. The van der Waals surface area contributed by atoms with Crippen LogP contribution in [-0.2, 0) is 10.0 Å². The molecule has 1 unspecified atom stereocenters. The zero-order valence-electron chi connectivity index (χ0n) is 15.6. The number of amidine groups is 1. The third-order valence-corrected chi connectivity index (χ3v) is 6.42. The third-order valence-electron chi connectivity index (χ3n) is 5.09. The van der Waals surface area contributed by atoms with Crippen molar-refractivity contribution < 1.29 is 13.2 Å². The highest BCUT2D eigenvalue weighted by molar-refractivity contribution is 7.90. The molecule has 2 aromatic rings. The fourth-order valence-corrected chi connectivity index (χ4v) is 4.89. The molecular formula is C20H22N4O3S. The number of aromatic nitrogens is 1. The summed E-state index contributed by atoms with van der Waals surface area (Å²) in [6.07, 6.45) is 5.30. The van der Waals surface area contributed by atoms with E-state index in [-0.39, 0.29) is 16.8 Å². The molecule has 4 rings (SSSR count). The molecule has 2 aliphatic heterocycles. The monoisotopic (exact) mass is 398 g/mol. The van der Waals surface area contributed by atoms with Crippen molar-refractivity contribution in [1.82, 2.24) is 10.3 Å².